The van der Waals surface area contributed by atoms with Gasteiger partial charge >= 0.3 is 0 Å². The molecule has 1 aromatic heterocycles. The number of halogens is 1. The molecule has 0 amide bonds. The van der Waals surface area contributed by atoms with Crippen molar-refractivity contribution in [3.8, 4) is 0 Å². The summed E-state index contributed by atoms with van der Waals surface area (Å²) >= 11 is 0. The van der Waals surface area contributed by atoms with E-state index in [0.717, 1.165) is 5.69 Å². The number of carbonyl (C=O) groups is 1. The molecular weight excluding hydrogens is 217 g/mol. The van der Waals surface area contributed by atoms with Crippen molar-refractivity contribution in [2.75, 3.05) is 0 Å². The molecule has 0 radical (unpaired) electrons. The highest BCUT2D eigenvalue weighted by Gasteiger charge is 2.10. The summed E-state index contributed by atoms with van der Waals surface area (Å²) in [6.45, 7) is 1.85. The van der Waals surface area contributed by atoms with Gasteiger partial charge in [0.2, 0.25) is 0 Å². The van der Waals surface area contributed by atoms with Crippen LogP contribution in [0, 0.1) is 12.7 Å². The summed E-state index contributed by atoms with van der Waals surface area (Å²) in [5.74, 6) is -0.469. The highest BCUT2D eigenvalue weighted by Crippen LogP contribution is 2.11. The molecule has 0 aliphatic rings. The molecule has 0 spiro atoms. The number of carbonyl (C=O) groups excluding carboxylic acids is 1. The molecule has 0 bridgehead atoms. The lowest BCUT2D eigenvalue weighted by Gasteiger charge is -2.02. The number of pyridine rings is 1. The standard InChI is InChI=1S/C14H12FNO/c1-10-6-7-12(9-16-10)14(17)8-11-4-2-3-5-13(11)15/h2-7,9H,8H2,1H3. The van der Waals surface area contributed by atoms with E-state index in [0.29, 0.717) is 11.1 Å². The molecule has 2 rings (SSSR count). The van der Waals surface area contributed by atoms with E-state index in [-0.39, 0.29) is 18.0 Å². The number of aryl methyl sites for hydroxylation is 1. The Hall–Kier alpha value is -2.03. The van der Waals surface area contributed by atoms with Gasteiger partial charge in [0.15, 0.2) is 5.78 Å². The zero-order valence-corrected chi connectivity index (χ0v) is 9.48. The third-order valence-electron chi connectivity index (χ3n) is 2.54. The van der Waals surface area contributed by atoms with Gasteiger partial charge in [-0.3, -0.25) is 9.78 Å². The SMILES string of the molecule is Cc1ccc(C(=O)Cc2ccccc2F)cn1. The number of rotatable bonds is 3. The van der Waals surface area contributed by atoms with Crippen LogP contribution in [-0.4, -0.2) is 10.8 Å². The van der Waals surface area contributed by atoms with Crippen LogP contribution in [0.15, 0.2) is 42.6 Å². The molecule has 1 aromatic carbocycles. The van der Waals surface area contributed by atoms with Gasteiger partial charge in [-0.2, -0.15) is 0 Å². The van der Waals surface area contributed by atoms with Gasteiger partial charge in [-0.15, -0.1) is 0 Å². The average molecular weight is 229 g/mol. The Morgan fingerprint density at radius 3 is 2.65 bits per heavy atom. The molecule has 0 aliphatic carbocycles. The first-order valence-corrected chi connectivity index (χ1v) is 5.36. The number of nitrogens with zero attached hydrogens (tertiary/aromatic N) is 1. The molecule has 0 unspecified atom stereocenters. The van der Waals surface area contributed by atoms with Crippen molar-refractivity contribution in [2.45, 2.75) is 13.3 Å². The van der Waals surface area contributed by atoms with E-state index in [1.165, 1.54) is 12.3 Å². The van der Waals surface area contributed by atoms with Crippen LogP contribution in [0.5, 0.6) is 0 Å². The smallest absolute Gasteiger partial charge is 0.168 e. The van der Waals surface area contributed by atoms with Crippen molar-refractivity contribution in [1.82, 2.24) is 4.98 Å². The summed E-state index contributed by atoms with van der Waals surface area (Å²) in [6, 6.07) is 9.79. The van der Waals surface area contributed by atoms with Gasteiger partial charge < -0.3 is 0 Å². The highest BCUT2D eigenvalue weighted by atomic mass is 19.1. The quantitative estimate of drug-likeness (QED) is 0.757. The van der Waals surface area contributed by atoms with Gasteiger partial charge in [-0.25, -0.2) is 4.39 Å². The minimum absolute atomic E-state index is 0.0669. The monoisotopic (exact) mass is 229 g/mol. The third kappa shape index (κ3) is 2.75. The number of hydrogen-bond donors (Lipinski definition) is 0. The molecule has 0 atom stereocenters. The van der Waals surface area contributed by atoms with Crippen molar-refractivity contribution < 1.29 is 9.18 Å². The molecule has 17 heavy (non-hydrogen) atoms. The molecule has 86 valence electrons. The maximum Gasteiger partial charge on any atom is 0.168 e. The van der Waals surface area contributed by atoms with Crippen molar-refractivity contribution in [3.63, 3.8) is 0 Å². The average Bonchev–Trinajstić information content (AvgIpc) is 2.33. The predicted octanol–water partition coefficient (Wildman–Crippen LogP) is 2.95. The lowest BCUT2D eigenvalue weighted by atomic mass is 10.0. The normalized spacial score (nSPS) is 10.2. The molecule has 0 fully saturated rings. The van der Waals surface area contributed by atoms with Gasteiger partial charge in [-0.05, 0) is 30.7 Å². The maximum atomic E-state index is 13.4. The van der Waals surface area contributed by atoms with E-state index in [1.807, 2.05) is 6.92 Å². The second kappa shape index (κ2) is 4.87. The Kier molecular flexibility index (Phi) is 3.28. The molecule has 0 saturated heterocycles. The first-order valence-electron chi connectivity index (χ1n) is 5.36. The molecular formula is C14H12FNO. The molecule has 3 heteroatoms. The van der Waals surface area contributed by atoms with Crippen molar-refractivity contribution in [3.05, 3.63) is 65.2 Å². The predicted molar refractivity (Wildman–Crippen MR) is 63.4 cm³/mol. The van der Waals surface area contributed by atoms with Crippen LogP contribution in [0.3, 0.4) is 0 Å². The number of benzene rings is 1. The Morgan fingerprint density at radius 2 is 2.00 bits per heavy atom. The van der Waals surface area contributed by atoms with Crippen LogP contribution < -0.4 is 0 Å². The molecule has 0 aliphatic heterocycles. The molecule has 0 saturated carbocycles. The van der Waals surface area contributed by atoms with Crippen molar-refractivity contribution >= 4 is 5.78 Å². The first-order chi connectivity index (χ1) is 8.16. The van der Waals surface area contributed by atoms with Gasteiger partial charge in [-0.1, -0.05) is 18.2 Å². The van der Waals surface area contributed by atoms with E-state index in [4.69, 9.17) is 0 Å². The summed E-state index contributed by atoms with van der Waals surface area (Å²) in [5, 5.41) is 0. The minimum Gasteiger partial charge on any atom is -0.294 e. The topological polar surface area (TPSA) is 30.0 Å². The Morgan fingerprint density at radius 1 is 1.24 bits per heavy atom. The largest absolute Gasteiger partial charge is 0.294 e. The highest BCUT2D eigenvalue weighted by molar-refractivity contribution is 5.97. The number of Topliss-reactive ketones (excluding diaryl/α,β-unsaturated/α-hetero) is 1. The van der Waals surface area contributed by atoms with Crippen LogP contribution >= 0.6 is 0 Å². The number of hydrogen-bond acceptors (Lipinski definition) is 2. The summed E-state index contributed by atoms with van der Waals surface area (Å²) in [7, 11) is 0. The molecule has 0 N–H and O–H groups in total. The fourth-order valence-corrected chi connectivity index (χ4v) is 1.55. The van der Waals surface area contributed by atoms with Gasteiger partial charge in [0.25, 0.3) is 0 Å². The minimum atomic E-state index is -0.346. The summed E-state index contributed by atoms with van der Waals surface area (Å²) in [4.78, 5) is 15.9. The second-order valence-electron chi connectivity index (χ2n) is 3.88. The summed E-state index contributed by atoms with van der Waals surface area (Å²) in [5.41, 5.74) is 1.78. The van der Waals surface area contributed by atoms with Crippen molar-refractivity contribution in [2.24, 2.45) is 0 Å². The molecule has 2 aromatic rings. The van der Waals surface area contributed by atoms with E-state index < -0.39 is 0 Å². The van der Waals surface area contributed by atoms with Crippen LogP contribution in [0.1, 0.15) is 21.6 Å². The zero-order valence-electron chi connectivity index (χ0n) is 9.48. The third-order valence-corrected chi connectivity index (χ3v) is 2.54. The molecule has 1 heterocycles. The van der Waals surface area contributed by atoms with Crippen LogP contribution in [0.2, 0.25) is 0 Å². The van der Waals surface area contributed by atoms with Gasteiger partial charge in [0.05, 0.1) is 0 Å². The second-order valence-corrected chi connectivity index (χ2v) is 3.88. The fourth-order valence-electron chi connectivity index (χ4n) is 1.55. The van der Waals surface area contributed by atoms with E-state index in [9.17, 15) is 9.18 Å². The Bertz CT molecular complexity index is 534. The zero-order chi connectivity index (χ0) is 12.3. The maximum absolute atomic E-state index is 13.4. The Balaban J connectivity index is 2.17. The lowest BCUT2D eigenvalue weighted by Crippen LogP contribution is -2.05. The fraction of sp³-hybridized carbons (Fsp3) is 0.143. The van der Waals surface area contributed by atoms with Gasteiger partial charge in [0, 0.05) is 23.9 Å². The van der Waals surface area contributed by atoms with E-state index in [2.05, 4.69) is 4.98 Å². The summed E-state index contributed by atoms with van der Waals surface area (Å²) in [6.07, 6.45) is 1.59. The van der Waals surface area contributed by atoms with Crippen LogP contribution in [-0.2, 0) is 6.42 Å². The molecule has 2 nitrogen and oxygen atoms in total. The van der Waals surface area contributed by atoms with Crippen LogP contribution in [0.4, 0.5) is 4.39 Å². The summed E-state index contributed by atoms with van der Waals surface area (Å²) < 4.78 is 13.4. The lowest BCUT2D eigenvalue weighted by molar-refractivity contribution is 0.0991. The first kappa shape index (κ1) is 11.5. The Labute approximate surface area is 99.1 Å². The van der Waals surface area contributed by atoms with Crippen LogP contribution in [0.25, 0.3) is 0 Å². The van der Waals surface area contributed by atoms with Gasteiger partial charge in [0.1, 0.15) is 5.82 Å². The number of ketones is 1. The number of aromatic nitrogens is 1. The van der Waals surface area contributed by atoms with E-state index in [1.54, 1.807) is 30.3 Å². The van der Waals surface area contributed by atoms with E-state index >= 15 is 0 Å². The van der Waals surface area contributed by atoms with Crippen molar-refractivity contribution in [1.29, 1.82) is 0 Å².